The van der Waals surface area contributed by atoms with E-state index in [1.54, 1.807) is 31.4 Å². The van der Waals surface area contributed by atoms with E-state index in [0.717, 1.165) is 10.1 Å². The van der Waals surface area contributed by atoms with Gasteiger partial charge in [-0.3, -0.25) is 9.36 Å². The Balaban J connectivity index is 2.78. The largest absolute Gasteiger partial charge is 0.330 e. The zero-order chi connectivity index (χ0) is 11.7. The van der Waals surface area contributed by atoms with Crippen LogP contribution in [0.25, 0.3) is 11.1 Å². The van der Waals surface area contributed by atoms with E-state index in [1.807, 2.05) is 6.07 Å². The molecule has 0 fully saturated rings. The molecule has 0 unspecified atom stereocenters. The van der Waals surface area contributed by atoms with Crippen molar-refractivity contribution in [2.75, 3.05) is 0 Å². The Morgan fingerprint density at radius 3 is 2.62 bits per heavy atom. The average Bonchev–Trinajstić information content (AvgIpc) is 2.32. The molecule has 0 atom stereocenters. The predicted molar refractivity (Wildman–Crippen MR) is 61.2 cm³/mol. The molecule has 0 aliphatic carbocycles. The SMILES string of the molecule is Cn1cc(-c2c[c]ccc2)c(=O)n(C)c1=O. The predicted octanol–water partition coefficient (Wildman–Crippen LogP) is 0.551. The van der Waals surface area contributed by atoms with Gasteiger partial charge in [0.25, 0.3) is 5.56 Å². The summed E-state index contributed by atoms with van der Waals surface area (Å²) >= 11 is 0. The van der Waals surface area contributed by atoms with Gasteiger partial charge in [0.15, 0.2) is 0 Å². The molecule has 0 spiro atoms. The summed E-state index contributed by atoms with van der Waals surface area (Å²) in [6.07, 6.45) is 1.55. The zero-order valence-electron chi connectivity index (χ0n) is 9.10. The van der Waals surface area contributed by atoms with Crippen LogP contribution in [-0.2, 0) is 14.1 Å². The Morgan fingerprint density at radius 2 is 2.00 bits per heavy atom. The molecule has 2 rings (SSSR count). The molecular formula is C12H11N2O2. The first-order valence-electron chi connectivity index (χ1n) is 4.84. The maximum atomic E-state index is 11.9. The Bertz CT molecular complexity index is 624. The van der Waals surface area contributed by atoms with Crippen LogP contribution in [0.4, 0.5) is 0 Å². The highest BCUT2D eigenvalue weighted by molar-refractivity contribution is 5.60. The minimum absolute atomic E-state index is 0.289. The molecule has 0 amide bonds. The molecule has 0 saturated heterocycles. The van der Waals surface area contributed by atoms with E-state index in [0.29, 0.717) is 5.56 Å². The summed E-state index contributed by atoms with van der Waals surface area (Å²) in [6, 6.07) is 10.0. The van der Waals surface area contributed by atoms with Crippen molar-refractivity contribution in [3.05, 3.63) is 57.4 Å². The summed E-state index contributed by atoms with van der Waals surface area (Å²) in [5, 5.41) is 0. The van der Waals surface area contributed by atoms with E-state index in [-0.39, 0.29) is 11.2 Å². The quantitative estimate of drug-likeness (QED) is 0.697. The lowest BCUT2D eigenvalue weighted by molar-refractivity contribution is 0.688. The van der Waals surface area contributed by atoms with Crippen LogP contribution in [0.1, 0.15) is 0 Å². The Hall–Kier alpha value is -2.10. The Kier molecular flexibility index (Phi) is 2.48. The minimum Gasteiger partial charge on any atom is -0.303 e. The lowest BCUT2D eigenvalue weighted by Gasteiger charge is -2.06. The molecule has 1 aromatic heterocycles. The Labute approximate surface area is 92.4 Å². The molecule has 16 heavy (non-hydrogen) atoms. The average molecular weight is 215 g/mol. The molecule has 81 valence electrons. The van der Waals surface area contributed by atoms with Gasteiger partial charge < -0.3 is 4.57 Å². The number of rotatable bonds is 1. The normalized spacial score (nSPS) is 10.4. The molecule has 1 aromatic carbocycles. The number of hydrogen-bond acceptors (Lipinski definition) is 2. The van der Waals surface area contributed by atoms with Crippen molar-refractivity contribution in [3.63, 3.8) is 0 Å². The third kappa shape index (κ3) is 1.58. The molecule has 0 aliphatic heterocycles. The van der Waals surface area contributed by atoms with Crippen LogP contribution in [-0.4, -0.2) is 9.13 Å². The zero-order valence-corrected chi connectivity index (χ0v) is 9.10. The number of aromatic nitrogens is 2. The molecule has 0 saturated carbocycles. The molecule has 0 N–H and O–H groups in total. The summed E-state index contributed by atoms with van der Waals surface area (Å²) in [5.74, 6) is 0. The lowest BCUT2D eigenvalue weighted by atomic mass is 10.1. The van der Waals surface area contributed by atoms with E-state index in [4.69, 9.17) is 0 Å². The van der Waals surface area contributed by atoms with Crippen molar-refractivity contribution in [1.29, 1.82) is 0 Å². The summed E-state index contributed by atoms with van der Waals surface area (Å²) in [4.78, 5) is 23.4. The van der Waals surface area contributed by atoms with Crippen LogP contribution >= 0.6 is 0 Å². The second kappa shape index (κ2) is 3.81. The molecule has 0 bridgehead atoms. The topological polar surface area (TPSA) is 44.0 Å². The second-order valence-corrected chi connectivity index (χ2v) is 3.59. The van der Waals surface area contributed by atoms with E-state index >= 15 is 0 Å². The van der Waals surface area contributed by atoms with Crippen LogP contribution in [0, 0.1) is 6.07 Å². The molecular weight excluding hydrogens is 204 g/mol. The fraction of sp³-hybridized carbons (Fsp3) is 0.167. The second-order valence-electron chi connectivity index (χ2n) is 3.59. The standard InChI is InChI=1S/C12H11N2O2/c1-13-8-10(9-6-4-3-5-7-9)11(15)14(2)12(13)16/h3-4,6-8H,1-2H3. The van der Waals surface area contributed by atoms with Gasteiger partial charge in [0, 0.05) is 20.3 Å². The van der Waals surface area contributed by atoms with Gasteiger partial charge in [-0.25, -0.2) is 4.79 Å². The first kappa shape index (κ1) is 10.4. The third-order valence-corrected chi connectivity index (χ3v) is 2.46. The highest BCUT2D eigenvalue weighted by atomic mass is 16.2. The van der Waals surface area contributed by atoms with Gasteiger partial charge in [0.2, 0.25) is 0 Å². The number of hydrogen-bond donors (Lipinski definition) is 0. The highest BCUT2D eigenvalue weighted by Gasteiger charge is 2.07. The van der Waals surface area contributed by atoms with Crippen LogP contribution in [0.5, 0.6) is 0 Å². The molecule has 4 heteroatoms. The van der Waals surface area contributed by atoms with Gasteiger partial charge in [-0.2, -0.15) is 0 Å². The van der Waals surface area contributed by atoms with Gasteiger partial charge in [0.05, 0.1) is 5.56 Å². The summed E-state index contributed by atoms with van der Waals surface area (Å²) < 4.78 is 2.49. The summed E-state index contributed by atoms with van der Waals surface area (Å²) in [7, 11) is 3.10. The monoisotopic (exact) mass is 215 g/mol. The smallest absolute Gasteiger partial charge is 0.303 e. The number of nitrogens with zero attached hydrogens (tertiary/aromatic N) is 2. The van der Waals surface area contributed by atoms with Crippen LogP contribution < -0.4 is 11.2 Å². The van der Waals surface area contributed by atoms with Crippen molar-refractivity contribution in [2.45, 2.75) is 0 Å². The highest BCUT2D eigenvalue weighted by Crippen LogP contribution is 2.12. The number of aryl methyl sites for hydroxylation is 1. The maximum Gasteiger partial charge on any atom is 0.330 e. The first-order chi connectivity index (χ1) is 7.61. The van der Waals surface area contributed by atoms with Crippen LogP contribution in [0.15, 0.2) is 40.1 Å². The van der Waals surface area contributed by atoms with Crippen molar-refractivity contribution < 1.29 is 0 Å². The van der Waals surface area contributed by atoms with E-state index in [1.165, 1.54) is 11.6 Å². The molecule has 1 heterocycles. The molecule has 2 aromatic rings. The van der Waals surface area contributed by atoms with Gasteiger partial charge in [-0.15, -0.1) is 0 Å². The third-order valence-electron chi connectivity index (χ3n) is 2.46. The van der Waals surface area contributed by atoms with Crippen molar-refractivity contribution in [2.24, 2.45) is 14.1 Å². The Morgan fingerprint density at radius 1 is 1.25 bits per heavy atom. The van der Waals surface area contributed by atoms with Crippen molar-refractivity contribution >= 4 is 0 Å². The fourth-order valence-corrected chi connectivity index (χ4v) is 1.57. The lowest BCUT2D eigenvalue weighted by Crippen LogP contribution is -2.37. The minimum atomic E-state index is -0.325. The van der Waals surface area contributed by atoms with Gasteiger partial charge in [0.1, 0.15) is 0 Å². The van der Waals surface area contributed by atoms with Gasteiger partial charge in [-0.1, -0.05) is 18.2 Å². The van der Waals surface area contributed by atoms with E-state index in [2.05, 4.69) is 6.07 Å². The molecule has 4 nitrogen and oxygen atoms in total. The summed E-state index contributed by atoms with van der Waals surface area (Å²) in [5.41, 5.74) is 0.650. The molecule has 0 aliphatic rings. The maximum absolute atomic E-state index is 11.9. The first-order valence-corrected chi connectivity index (χ1v) is 4.84. The van der Waals surface area contributed by atoms with Crippen LogP contribution in [0.3, 0.4) is 0 Å². The van der Waals surface area contributed by atoms with Crippen LogP contribution in [0.2, 0.25) is 0 Å². The number of benzene rings is 1. The van der Waals surface area contributed by atoms with Gasteiger partial charge in [-0.05, 0) is 17.7 Å². The van der Waals surface area contributed by atoms with Crippen molar-refractivity contribution in [3.8, 4) is 11.1 Å². The van der Waals surface area contributed by atoms with E-state index < -0.39 is 0 Å². The molecule has 1 radical (unpaired) electrons. The van der Waals surface area contributed by atoms with Gasteiger partial charge >= 0.3 is 5.69 Å². The van der Waals surface area contributed by atoms with Crippen molar-refractivity contribution in [1.82, 2.24) is 9.13 Å². The van der Waals surface area contributed by atoms with E-state index in [9.17, 15) is 9.59 Å². The fourth-order valence-electron chi connectivity index (χ4n) is 1.57. The summed E-state index contributed by atoms with van der Waals surface area (Å²) in [6.45, 7) is 0.